The molecule has 10 heteroatoms. The van der Waals surface area contributed by atoms with Crippen LogP contribution in [0.1, 0.15) is 35.6 Å². The van der Waals surface area contributed by atoms with Gasteiger partial charge in [0, 0.05) is 42.9 Å². The summed E-state index contributed by atoms with van der Waals surface area (Å²) in [5, 5.41) is 2.88. The van der Waals surface area contributed by atoms with Crippen molar-refractivity contribution in [2.75, 3.05) is 9.80 Å². The number of thiocarbonyl (C=S) groups is 1. The lowest BCUT2D eigenvalue weighted by Gasteiger charge is -2.29. The number of rotatable bonds is 5. The molecule has 1 aromatic heterocycles. The second-order valence-corrected chi connectivity index (χ2v) is 9.09. The van der Waals surface area contributed by atoms with E-state index in [0.717, 1.165) is 5.56 Å². The van der Waals surface area contributed by atoms with Gasteiger partial charge in [-0.1, -0.05) is 12.1 Å². The first-order valence-corrected chi connectivity index (χ1v) is 11.2. The lowest BCUT2D eigenvalue weighted by molar-refractivity contribution is -0.120. The Kier molecular flexibility index (Phi) is 6.13. The number of halogens is 1. The Morgan fingerprint density at radius 1 is 1.23 bits per heavy atom. The van der Waals surface area contributed by atoms with Crippen LogP contribution in [0.25, 0.3) is 4.85 Å². The fourth-order valence-electron chi connectivity index (χ4n) is 4.02. The fraction of sp³-hybridized carbons (Fsp3) is 0.240. The maximum absolute atomic E-state index is 15.0. The summed E-state index contributed by atoms with van der Waals surface area (Å²) >= 11 is 5.66. The quantitative estimate of drug-likeness (QED) is 0.427. The summed E-state index contributed by atoms with van der Waals surface area (Å²) in [6, 6.07) is 9.61. The van der Waals surface area contributed by atoms with E-state index in [1.807, 2.05) is 0 Å². The molecule has 1 aliphatic rings. The molecule has 0 atom stereocenters. The number of carbonyl (C=O) groups excluding carboxylic acids is 2. The van der Waals surface area contributed by atoms with Gasteiger partial charge >= 0.3 is 0 Å². The van der Waals surface area contributed by atoms with Crippen LogP contribution in [0.3, 0.4) is 0 Å². The van der Waals surface area contributed by atoms with Crippen LogP contribution >= 0.6 is 12.2 Å². The van der Waals surface area contributed by atoms with E-state index >= 15 is 4.39 Å². The van der Waals surface area contributed by atoms with E-state index in [9.17, 15) is 9.59 Å². The van der Waals surface area contributed by atoms with Crippen LogP contribution in [0.4, 0.5) is 21.5 Å². The van der Waals surface area contributed by atoms with E-state index in [0.29, 0.717) is 17.1 Å². The number of carbonyl (C=O) groups is 2. The second kappa shape index (κ2) is 8.92. The molecule has 178 valence electrons. The number of nitrogens with one attached hydrogen (secondary N) is 1. The average molecular weight is 491 g/mol. The molecule has 8 nitrogen and oxygen atoms in total. The summed E-state index contributed by atoms with van der Waals surface area (Å²) in [6.07, 6.45) is 3.16. The Labute approximate surface area is 207 Å². The van der Waals surface area contributed by atoms with Gasteiger partial charge in [-0.15, -0.1) is 0 Å². The monoisotopic (exact) mass is 490 g/mol. The van der Waals surface area contributed by atoms with E-state index in [4.69, 9.17) is 18.8 Å². The molecule has 0 radical (unpaired) electrons. The lowest BCUT2D eigenvalue weighted by atomic mass is 10.0. The summed E-state index contributed by atoms with van der Waals surface area (Å²) in [5.41, 5.74) is 1.41. The molecule has 0 aliphatic carbocycles. The minimum absolute atomic E-state index is 0.0244. The smallest absolute Gasteiger partial charge is 0.287 e. The molecule has 1 fully saturated rings. The first-order chi connectivity index (χ1) is 16.6. The largest absolute Gasteiger partial charge is 0.345 e. The number of aromatic nitrogens is 2. The molecule has 0 saturated carbocycles. The number of benzene rings is 2. The molecule has 1 saturated heterocycles. The van der Waals surface area contributed by atoms with Crippen LogP contribution in [0, 0.1) is 19.3 Å². The van der Waals surface area contributed by atoms with Crippen molar-refractivity contribution in [3.63, 3.8) is 0 Å². The highest BCUT2D eigenvalue weighted by Gasteiger charge is 2.50. The van der Waals surface area contributed by atoms with Gasteiger partial charge in [0.15, 0.2) is 16.6 Å². The number of imidazole rings is 1. The first kappa shape index (κ1) is 24.0. The van der Waals surface area contributed by atoms with Crippen molar-refractivity contribution in [3.8, 4) is 0 Å². The minimum Gasteiger partial charge on any atom is -0.345 e. The van der Waals surface area contributed by atoms with Gasteiger partial charge in [0.05, 0.1) is 6.57 Å². The third kappa shape index (κ3) is 4.15. The minimum atomic E-state index is -1.07. The van der Waals surface area contributed by atoms with E-state index in [1.165, 1.54) is 17.2 Å². The van der Waals surface area contributed by atoms with Crippen molar-refractivity contribution < 1.29 is 14.0 Å². The molecular formula is C25H23FN6O2S. The Bertz CT molecular complexity index is 1410. The molecule has 2 heterocycles. The number of hydrogen-bond donors (Lipinski definition) is 1. The number of amides is 2. The van der Waals surface area contributed by atoms with Crippen molar-refractivity contribution >= 4 is 46.2 Å². The molecule has 35 heavy (non-hydrogen) atoms. The van der Waals surface area contributed by atoms with Crippen LogP contribution in [-0.4, -0.2) is 32.0 Å². The number of aryl methyl sites for hydroxylation is 2. The summed E-state index contributed by atoms with van der Waals surface area (Å²) in [6.45, 7) is 12.5. The Morgan fingerprint density at radius 2 is 1.94 bits per heavy atom. The van der Waals surface area contributed by atoms with E-state index in [2.05, 4.69) is 15.1 Å². The standard InChI is InChI=1S/C25H23FN6O2S/c1-15-12-17(8-9-20(15)27-4)31-23(34)25(2,3)32(24(31)35)18-7-6-16(19(26)13-18)14-29-22(33)21-28-10-11-30(21)5/h6-13H,14H2,1-3,5H3,(H,29,33). The van der Waals surface area contributed by atoms with Gasteiger partial charge in [-0.25, -0.2) is 14.2 Å². The molecule has 0 spiro atoms. The van der Waals surface area contributed by atoms with Crippen molar-refractivity contribution in [1.29, 1.82) is 0 Å². The molecular weight excluding hydrogens is 467 g/mol. The predicted octanol–water partition coefficient (Wildman–Crippen LogP) is 4.27. The van der Waals surface area contributed by atoms with E-state index < -0.39 is 17.3 Å². The highest BCUT2D eigenvalue weighted by atomic mass is 32.1. The topological polar surface area (TPSA) is 74.8 Å². The normalized spacial score (nSPS) is 14.9. The zero-order chi connectivity index (χ0) is 25.5. The molecule has 0 unspecified atom stereocenters. The van der Waals surface area contributed by atoms with Crippen molar-refractivity contribution in [3.05, 3.63) is 83.0 Å². The van der Waals surface area contributed by atoms with E-state index in [1.54, 1.807) is 73.8 Å². The molecule has 4 rings (SSSR count). The van der Waals surface area contributed by atoms with Gasteiger partial charge in [0.2, 0.25) is 0 Å². The first-order valence-electron chi connectivity index (χ1n) is 10.8. The van der Waals surface area contributed by atoms with Gasteiger partial charge in [-0.05, 0) is 62.8 Å². The number of nitrogens with zero attached hydrogens (tertiary/aromatic N) is 5. The summed E-state index contributed by atoms with van der Waals surface area (Å²) < 4.78 is 16.6. The van der Waals surface area contributed by atoms with Gasteiger partial charge in [-0.2, -0.15) is 0 Å². The lowest BCUT2D eigenvalue weighted by Crippen LogP contribution is -2.44. The Balaban J connectivity index is 1.59. The van der Waals surface area contributed by atoms with Crippen LogP contribution in [0.2, 0.25) is 0 Å². The zero-order valence-corrected chi connectivity index (χ0v) is 20.5. The van der Waals surface area contributed by atoms with Crippen molar-refractivity contribution in [2.45, 2.75) is 32.9 Å². The summed E-state index contributed by atoms with van der Waals surface area (Å²) in [5.74, 6) is -0.985. The van der Waals surface area contributed by atoms with Gasteiger partial charge < -0.3 is 14.8 Å². The van der Waals surface area contributed by atoms with Gasteiger partial charge in [0.25, 0.3) is 11.8 Å². The van der Waals surface area contributed by atoms with Gasteiger partial charge in [0.1, 0.15) is 11.4 Å². The Hall–Kier alpha value is -4.10. The number of anilines is 2. The summed E-state index contributed by atoms with van der Waals surface area (Å²) in [4.78, 5) is 36.1. The molecule has 0 bridgehead atoms. The molecule has 3 aromatic rings. The fourth-order valence-corrected chi connectivity index (χ4v) is 4.54. The summed E-state index contributed by atoms with van der Waals surface area (Å²) in [7, 11) is 1.70. The third-order valence-corrected chi connectivity index (χ3v) is 6.35. The third-order valence-electron chi connectivity index (χ3n) is 5.99. The molecule has 2 aromatic carbocycles. The second-order valence-electron chi connectivity index (χ2n) is 8.72. The van der Waals surface area contributed by atoms with Crippen LogP contribution in [0.5, 0.6) is 0 Å². The van der Waals surface area contributed by atoms with Crippen molar-refractivity contribution in [2.24, 2.45) is 7.05 Å². The van der Waals surface area contributed by atoms with Crippen LogP contribution in [0.15, 0.2) is 48.8 Å². The number of hydrogen-bond acceptors (Lipinski definition) is 4. The molecule has 1 aliphatic heterocycles. The average Bonchev–Trinajstić information content (AvgIpc) is 3.31. The maximum Gasteiger partial charge on any atom is 0.287 e. The SMILES string of the molecule is [C-]#[N+]c1ccc(N2C(=O)C(C)(C)N(c3ccc(CNC(=O)c4nccn4C)c(F)c3)C2=S)cc1C. The zero-order valence-electron chi connectivity index (χ0n) is 19.7. The highest BCUT2D eigenvalue weighted by Crippen LogP contribution is 2.38. The van der Waals surface area contributed by atoms with Gasteiger partial charge in [-0.3, -0.25) is 14.5 Å². The maximum atomic E-state index is 15.0. The molecule has 2 amide bonds. The highest BCUT2D eigenvalue weighted by molar-refractivity contribution is 7.81. The predicted molar refractivity (Wildman–Crippen MR) is 135 cm³/mol. The van der Waals surface area contributed by atoms with E-state index in [-0.39, 0.29) is 29.0 Å². The Morgan fingerprint density at radius 3 is 2.54 bits per heavy atom. The van der Waals surface area contributed by atoms with Crippen LogP contribution in [-0.2, 0) is 18.4 Å². The van der Waals surface area contributed by atoms with Crippen molar-refractivity contribution in [1.82, 2.24) is 14.9 Å². The van der Waals surface area contributed by atoms with Crippen LogP contribution < -0.4 is 15.1 Å². The molecule has 1 N–H and O–H groups in total.